The van der Waals surface area contributed by atoms with Crippen molar-refractivity contribution in [3.05, 3.63) is 4.91 Å². The molecule has 1 fully saturated rings. The van der Waals surface area contributed by atoms with Crippen LogP contribution in [0.5, 0.6) is 0 Å². The van der Waals surface area contributed by atoms with Gasteiger partial charge in [0, 0.05) is 33.6 Å². The van der Waals surface area contributed by atoms with Crippen LogP contribution in [0.4, 0.5) is 4.79 Å². The summed E-state index contributed by atoms with van der Waals surface area (Å²) in [5.74, 6) is -3.29. The van der Waals surface area contributed by atoms with Crippen LogP contribution in [0.1, 0.15) is 27.7 Å². The minimum Gasteiger partial charge on any atom is -0.463 e. The van der Waals surface area contributed by atoms with Crippen LogP contribution in [0.15, 0.2) is 5.29 Å². The molecule has 1 rings (SSSR count). The van der Waals surface area contributed by atoms with E-state index in [0.29, 0.717) is 5.01 Å². The van der Waals surface area contributed by atoms with Gasteiger partial charge < -0.3 is 29.0 Å². The van der Waals surface area contributed by atoms with Crippen LogP contribution in [0.25, 0.3) is 0 Å². The predicted molar refractivity (Wildman–Crippen MR) is 104 cm³/mol. The second-order valence-electron chi connectivity index (χ2n) is 6.47. The van der Waals surface area contributed by atoms with E-state index in [9.17, 15) is 28.9 Å². The minimum absolute atomic E-state index is 0.123. The van der Waals surface area contributed by atoms with Gasteiger partial charge in [-0.25, -0.2) is 4.79 Å². The van der Waals surface area contributed by atoms with Gasteiger partial charge in [0.15, 0.2) is 12.2 Å². The van der Waals surface area contributed by atoms with Crippen molar-refractivity contribution in [2.24, 2.45) is 5.29 Å². The molecule has 5 atom stereocenters. The predicted octanol–water partition coefficient (Wildman–Crippen LogP) is 0.00130. The maximum absolute atomic E-state index is 12.5. The van der Waals surface area contributed by atoms with Crippen molar-refractivity contribution in [1.82, 2.24) is 10.3 Å². The smallest absolute Gasteiger partial charge is 0.341 e. The molecule has 180 valence electrons. The lowest BCUT2D eigenvalue weighted by Crippen LogP contribution is -2.67. The first-order chi connectivity index (χ1) is 15.0. The molecule has 32 heavy (non-hydrogen) atoms. The summed E-state index contributed by atoms with van der Waals surface area (Å²) in [7, 11) is 0. The van der Waals surface area contributed by atoms with E-state index in [0.717, 1.165) is 27.7 Å². The molecule has 2 amide bonds. The number of rotatable bonds is 9. The third-order valence-corrected chi connectivity index (χ3v) is 4.07. The Morgan fingerprint density at radius 3 is 1.97 bits per heavy atom. The van der Waals surface area contributed by atoms with Gasteiger partial charge in [-0.05, 0) is 0 Å². The normalized spacial score (nSPS) is 24.5. The SMILES string of the molecule is CC(=O)OC[C@H]1OC(OC(C)=O)[C@H](NC(=O)N(CCCl)N=O)[C@@H](OC(C)=O)[C@@H]1OC(C)=O. The molecule has 1 aliphatic heterocycles. The van der Waals surface area contributed by atoms with E-state index >= 15 is 0 Å². The zero-order valence-corrected chi connectivity index (χ0v) is 18.5. The van der Waals surface area contributed by atoms with Crippen molar-refractivity contribution in [3.8, 4) is 0 Å². The third-order valence-electron chi connectivity index (χ3n) is 3.90. The second kappa shape index (κ2) is 12.8. The fourth-order valence-electron chi connectivity index (χ4n) is 2.80. The third kappa shape index (κ3) is 8.26. The van der Waals surface area contributed by atoms with E-state index in [-0.39, 0.29) is 12.4 Å². The number of carbonyl (C=O) groups excluding carboxylic acids is 5. The number of hydrogen-bond acceptors (Lipinski definition) is 12. The van der Waals surface area contributed by atoms with Crippen molar-refractivity contribution in [1.29, 1.82) is 0 Å². The van der Waals surface area contributed by atoms with Crippen LogP contribution < -0.4 is 5.32 Å². The molecule has 0 aromatic carbocycles. The van der Waals surface area contributed by atoms with Crippen LogP contribution in [0.3, 0.4) is 0 Å². The summed E-state index contributed by atoms with van der Waals surface area (Å²) in [6.07, 6.45) is -5.69. The van der Waals surface area contributed by atoms with Crippen molar-refractivity contribution >= 4 is 41.5 Å². The van der Waals surface area contributed by atoms with Gasteiger partial charge in [-0.3, -0.25) is 19.2 Å². The largest absolute Gasteiger partial charge is 0.463 e. The van der Waals surface area contributed by atoms with Crippen LogP contribution in [0, 0.1) is 4.91 Å². The fourth-order valence-corrected chi connectivity index (χ4v) is 2.96. The summed E-state index contributed by atoms with van der Waals surface area (Å²) in [5, 5.41) is 5.28. The number of nitrogens with zero attached hydrogens (tertiary/aromatic N) is 2. The summed E-state index contributed by atoms with van der Waals surface area (Å²) in [6, 6.07) is -2.53. The van der Waals surface area contributed by atoms with Crippen molar-refractivity contribution < 1.29 is 47.7 Å². The molecule has 1 saturated heterocycles. The number of halogens is 1. The summed E-state index contributed by atoms with van der Waals surface area (Å²) >= 11 is 5.53. The Kier molecular flexibility index (Phi) is 10.8. The van der Waals surface area contributed by atoms with Gasteiger partial charge in [0.2, 0.25) is 6.29 Å². The molecular weight excluding hydrogens is 458 g/mol. The number of nitrogens with one attached hydrogen (secondary N) is 1. The molecule has 0 aliphatic carbocycles. The molecule has 14 nitrogen and oxygen atoms in total. The molecule has 1 unspecified atom stereocenters. The lowest BCUT2D eigenvalue weighted by atomic mass is 9.96. The number of alkyl halides is 1. The molecule has 0 radical (unpaired) electrons. The van der Waals surface area contributed by atoms with E-state index in [4.69, 9.17) is 35.3 Å². The summed E-state index contributed by atoms with van der Waals surface area (Å²) in [6.45, 7) is 3.57. The summed E-state index contributed by atoms with van der Waals surface area (Å²) in [5.41, 5.74) is 0. The number of esters is 4. The van der Waals surface area contributed by atoms with Gasteiger partial charge in [-0.2, -0.15) is 5.01 Å². The highest BCUT2D eigenvalue weighted by molar-refractivity contribution is 6.18. The number of nitroso groups, excluding NO2 is 1. The average molecular weight is 482 g/mol. The maximum atomic E-state index is 12.5. The molecule has 1 N–H and O–H groups in total. The monoisotopic (exact) mass is 481 g/mol. The molecule has 0 aromatic rings. The maximum Gasteiger partial charge on any atom is 0.341 e. The highest BCUT2D eigenvalue weighted by Crippen LogP contribution is 2.28. The first-order valence-corrected chi connectivity index (χ1v) is 9.81. The molecule has 0 bridgehead atoms. The van der Waals surface area contributed by atoms with Crippen LogP contribution in [-0.2, 0) is 42.9 Å². The number of hydrogen-bond donors (Lipinski definition) is 1. The quantitative estimate of drug-likeness (QED) is 0.154. The van der Waals surface area contributed by atoms with Crippen LogP contribution in [0.2, 0.25) is 0 Å². The van der Waals surface area contributed by atoms with Crippen molar-refractivity contribution in [2.45, 2.75) is 58.3 Å². The highest BCUT2D eigenvalue weighted by atomic mass is 35.5. The Labute approximate surface area is 187 Å². The van der Waals surface area contributed by atoms with Gasteiger partial charge >= 0.3 is 29.9 Å². The molecule has 1 aliphatic rings. The average Bonchev–Trinajstić information content (AvgIpc) is 2.67. The lowest BCUT2D eigenvalue weighted by molar-refractivity contribution is -0.270. The number of amides is 2. The molecule has 0 aromatic heterocycles. The zero-order valence-electron chi connectivity index (χ0n) is 17.8. The number of urea groups is 1. The number of carbonyl (C=O) groups is 5. The second-order valence-corrected chi connectivity index (χ2v) is 6.85. The van der Waals surface area contributed by atoms with E-state index in [1.165, 1.54) is 0 Å². The van der Waals surface area contributed by atoms with E-state index in [1.54, 1.807) is 0 Å². The standard InChI is InChI=1S/C17H24ClN3O11/c1-8(22)28-7-12-14(29-9(2)23)15(30-10(3)24)13(16(32-12)31-11(4)25)19-17(26)21(20-27)6-5-18/h12-16H,5-7H2,1-4H3,(H,19,26)/t12-,13-,14-,15-,16?/m1/s1. The minimum atomic E-state index is -1.59. The van der Waals surface area contributed by atoms with Gasteiger partial charge in [-0.1, -0.05) is 0 Å². The van der Waals surface area contributed by atoms with Crippen LogP contribution >= 0.6 is 11.6 Å². The Balaban J connectivity index is 3.38. The van der Waals surface area contributed by atoms with E-state index < -0.39 is 67.2 Å². The van der Waals surface area contributed by atoms with Crippen molar-refractivity contribution in [2.75, 3.05) is 19.0 Å². The molecule has 0 saturated carbocycles. The van der Waals surface area contributed by atoms with Gasteiger partial charge in [-0.15, -0.1) is 16.5 Å². The Morgan fingerprint density at radius 1 is 0.938 bits per heavy atom. The first kappa shape index (κ1) is 27.0. The summed E-state index contributed by atoms with van der Waals surface area (Å²) < 4.78 is 26.0. The van der Waals surface area contributed by atoms with Crippen molar-refractivity contribution in [3.63, 3.8) is 0 Å². The number of ether oxygens (including phenoxy) is 5. The highest BCUT2D eigenvalue weighted by Gasteiger charge is 2.52. The molecular formula is C17H24ClN3O11. The lowest BCUT2D eigenvalue weighted by Gasteiger charge is -2.44. The topological polar surface area (TPSA) is 176 Å². The Hall–Kier alpha value is -3.00. The van der Waals surface area contributed by atoms with Gasteiger partial charge in [0.25, 0.3) is 0 Å². The Morgan fingerprint density at radius 2 is 1.50 bits per heavy atom. The van der Waals surface area contributed by atoms with Crippen LogP contribution in [-0.4, -0.2) is 84.6 Å². The molecule has 0 spiro atoms. The zero-order chi connectivity index (χ0) is 24.4. The van der Waals surface area contributed by atoms with E-state index in [1.807, 2.05) is 0 Å². The Bertz CT molecular complexity index is 735. The summed E-state index contributed by atoms with van der Waals surface area (Å²) in [4.78, 5) is 69.7. The first-order valence-electron chi connectivity index (χ1n) is 9.27. The van der Waals surface area contributed by atoms with Gasteiger partial charge in [0.1, 0.15) is 18.8 Å². The molecule has 1 heterocycles. The van der Waals surface area contributed by atoms with Gasteiger partial charge in [0.05, 0.1) is 11.8 Å². The molecule has 15 heteroatoms. The van der Waals surface area contributed by atoms with E-state index in [2.05, 4.69) is 10.6 Å². The fraction of sp³-hybridized carbons (Fsp3) is 0.706.